The summed E-state index contributed by atoms with van der Waals surface area (Å²) in [5, 5.41) is 2.85. The van der Waals surface area contributed by atoms with Gasteiger partial charge in [0.05, 0.1) is 0 Å². The fourth-order valence-electron chi connectivity index (χ4n) is 5.18. The van der Waals surface area contributed by atoms with E-state index in [0.717, 1.165) is 0 Å². The molecule has 3 aromatic rings. The maximum absolute atomic E-state index is 2.50. The van der Waals surface area contributed by atoms with Crippen molar-refractivity contribution in [2.45, 2.75) is 44.4 Å². The van der Waals surface area contributed by atoms with Gasteiger partial charge in [-0.25, -0.2) is 0 Å². The highest BCUT2D eigenvalue weighted by atomic mass is 14.5. The summed E-state index contributed by atoms with van der Waals surface area (Å²) in [6.45, 7) is 2.28. The highest BCUT2D eigenvalue weighted by molar-refractivity contribution is 6.03. The summed E-state index contributed by atoms with van der Waals surface area (Å²) >= 11 is 0. The Morgan fingerprint density at radius 3 is 2.26 bits per heavy atom. The molecule has 114 valence electrons. The lowest BCUT2D eigenvalue weighted by Crippen LogP contribution is -2.28. The Bertz CT molecular complexity index is 910. The molecule has 2 aliphatic carbocycles. The van der Waals surface area contributed by atoms with Gasteiger partial charge in [-0.3, -0.25) is 0 Å². The highest BCUT2D eigenvalue weighted by Gasteiger charge is 2.44. The normalized spacial score (nSPS) is 18.1. The average Bonchev–Trinajstić information content (AvgIpc) is 2.87. The van der Waals surface area contributed by atoms with E-state index in [1.165, 1.54) is 59.6 Å². The van der Waals surface area contributed by atoms with Gasteiger partial charge >= 0.3 is 0 Å². The van der Waals surface area contributed by atoms with Crippen LogP contribution in [0.25, 0.3) is 21.9 Å². The van der Waals surface area contributed by atoms with Crippen molar-refractivity contribution in [3.63, 3.8) is 0 Å². The van der Waals surface area contributed by atoms with Gasteiger partial charge < -0.3 is 0 Å². The average molecular weight is 298 g/mol. The van der Waals surface area contributed by atoms with Crippen molar-refractivity contribution in [3.8, 4) is 11.1 Å². The molecular weight excluding hydrogens is 276 g/mol. The highest BCUT2D eigenvalue weighted by Crippen LogP contribution is 2.57. The molecule has 1 fully saturated rings. The van der Waals surface area contributed by atoms with Crippen molar-refractivity contribution >= 4 is 10.8 Å². The number of benzene rings is 3. The van der Waals surface area contributed by atoms with Crippen molar-refractivity contribution in [2.75, 3.05) is 0 Å². The van der Waals surface area contributed by atoms with Gasteiger partial charge in [0, 0.05) is 5.41 Å². The van der Waals surface area contributed by atoms with Crippen LogP contribution in [0.2, 0.25) is 0 Å². The van der Waals surface area contributed by atoms with Crippen molar-refractivity contribution in [2.24, 2.45) is 0 Å². The molecule has 0 saturated heterocycles. The van der Waals surface area contributed by atoms with E-state index in [0.29, 0.717) is 0 Å². The number of hydrogen-bond donors (Lipinski definition) is 0. The summed E-state index contributed by atoms with van der Waals surface area (Å²) in [5.74, 6) is 0. The molecule has 0 heteroatoms. The molecule has 0 nitrogen and oxygen atoms in total. The Balaban J connectivity index is 1.94. The summed E-state index contributed by atoms with van der Waals surface area (Å²) in [6.07, 6.45) is 6.74. The van der Waals surface area contributed by atoms with Gasteiger partial charge in [-0.1, -0.05) is 73.9 Å². The van der Waals surface area contributed by atoms with Crippen LogP contribution < -0.4 is 0 Å². The Labute approximate surface area is 138 Å². The van der Waals surface area contributed by atoms with Crippen LogP contribution in [-0.2, 0) is 5.41 Å². The van der Waals surface area contributed by atoms with E-state index in [1.807, 2.05) is 0 Å². The van der Waals surface area contributed by atoms with E-state index in [9.17, 15) is 0 Å². The van der Waals surface area contributed by atoms with Crippen LogP contribution in [0.3, 0.4) is 0 Å². The first-order valence-electron chi connectivity index (χ1n) is 8.94. The minimum atomic E-state index is 0.277. The second-order valence-corrected chi connectivity index (χ2v) is 7.35. The van der Waals surface area contributed by atoms with Crippen LogP contribution >= 0.6 is 0 Å². The summed E-state index contributed by atoms with van der Waals surface area (Å²) in [6, 6.07) is 20.6. The van der Waals surface area contributed by atoms with Crippen LogP contribution in [0.1, 0.15) is 48.8 Å². The molecule has 0 bridgehead atoms. The van der Waals surface area contributed by atoms with Crippen molar-refractivity contribution in [1.29, 1.82) is 0 Å². The Morgan fingerprint density at radius 2 is 1.43 bits per heavy atom. The largest absolute Gasteiger partial charge is 0.0619 e. The lowest BCUT2D eigenvalue weighted by molar-refractivity contribution is 0.353. The van der Waals surface area contributed by atoms with Crippen LogP contribution in [-0.4, -0.2) is 0 Å². The zero-order chi connectivity index (χ0) is 15.4. The first kappa shape index (κ1) is 13.4. The van der Waals surface area contributed by atoms with Crippen LogP contribution in [0.5, 0.6) is 0 Å². The lowest BCUT2D eigenvalue weighted by Gasteiger charge is -2.36. The molecule has 1 spiro atoms. The van der Waals surface area contributed by atoms with Crippen molar-refractivity contribution in [3.05, 3.63) is 71.3 Å². The van der Waals surface area contributed by atoms with Gasteiger partial charge in [-0.2, -0.15) is 0 Å². The van der Waals surface area contributed by atoms with Gasteiger partial charge in [0.15, 0.2) is 0 Å². The number of rotatable bonds is 0. The molecule has 0 atom stereocenters. The van der Waals surface area contributed by atoms with Crippen molar-refractivity contribution in [1.82, 2.24) is 0 Å². The lowest BCUT2D eigenvalue weighted by atomic mass is 9.67. The summed E-state index contributed by atoms with van der Waals surface area (Å²) in [7, 11) is 0. The van der Waals surface area contributed by atoms with E-state index in [-0.39, 0.29) is 5.41 Å². The second-order valence-electron chi connectivity index (χ2n) is 7.35. The Hall–Kier alpha value is -2.08. The van der Waals surface area contributed by atoms with Crippen LogP contribution in [0, 0.1) is 6.92 Å². The molecule has 0 radical (unpaired) electrons. The van der Waals surface area contributed by atoms with E-state index in [2.05, 4.69) is 61.5 Å². The SMILES string of the molecule is Cc1cc2c(c3ccccc13)-c1ccccc1C21CCCCC1. The monoisotopic (exact) mass is 298 g/mol. The minimum Gasteiger partial charge on any atom is -0.0619 e. The Morgan fingerprint density at radius 1 is 0.739 bits per heavy atom. The number of fused-ring (bicyclic) bond motifs is 7. The molecular formula is C23H22. The van der Waals surface area contributed by atoms with E-state index < -0.39 is 0 Å². The van der Waals surface area contributed by atoms with E-state index >= 15 is 0 Å². The summed E-state index contributed by atoms with van der Waals surface area (Å²) < 4.78 is 0. The zero-order valence-electron chi connectivity index (χ0n) is 13.7. The molecule has 0 unspecified atom stereocenters. The smallest absolute Gasteiger partial charge is 0.0215 e. The maximum atomic E-state index is 2.50. The zero-order valence-corrected chi connectivity index (χ0v) is 13.7. The molecule has 0 aromatic heterocycles. The molecule has 5 rings (SSSR count). The second kappa shape index (κ2) is 4.71. The summed E-state index contributed by atoms with van der Waals surface area (Å²) in [4.78, 5) is 0. The molecule has 0 N–H and O–H groups in total. The minimum absolute atomic E-state index is 0.277. The quantitative estimate of drug-likeness (QED) is 0.452. The molecule has 3 aromatic carbocycles. The maximum Gasteiger partial charge on any atom is 0.0215 e. The molecule has 0 heterocycles. The number of hydrogen-bond acceptors (Lipinski definition) is 0. The molecule has 23 heavy (non-hydrogen) atoms. The van der Waals surface area contributed by atoms with E-state index in [1.54, 1.807) is 11.1 Å². The van der Waals surface area contributed by atoms with Gasteiger partial charge in [0.1, 0.15) is 0 Å². The topological polar surface area (TPSA) is 0 Å². The van der Waals surface area contributed by atoms with Crippen LogP contribution in [0.15, 0.2) is 54.6 Å². The predicted octanol–water partition coefficient (Wildman–Crippen LogP) is 6.38. The van der Waals surface area contributed by atoms with Gasteiger partial charge in [0.2, 0.25) is 0 Å². The first-order chi connectivity index (χ1) is 11.3. The molecule has 1 saturated carbocycles. The van der Waals surface area contributed by atoms with Gasteiger partial charge in [0.25, 0.3) is 0 Å². The van der Waals surface area contributed by atoms with Crippen LogP contribution in [0.4, 0.5) is 0 Å². The fourth-order valence-corrected chi connectivity index (χ4v) is 5.18. The predicted molar refractivity (Wildman–Crippen MR) is 98.0 cm³/mol. The third kappa shape index (κ3) is 1.67. The molecule has 2 aliphatic rings. The molecule has 0 aliphatic heterocycles. The van der Waals surface area contributed by atoms with Gasteiger partial charge in [-0.15, -0.1) is 0 Å². The third-order valence-corrected chi connectivity index (χ3v) is 6.19. The number of aryl methyl sites for hydroxylation is 1. The fraction of sp³-hybridized carbons (Fsp3) is 0.304. The Kier molecular flexibility index (Phi) is 2.74. The van der Waals surface area contributed by atoms with E-state index in [4.69, 9.17) is 0 Å². The molecule has 0 amide bonds. The standard InChI is InChI=1S/C23H22/c1-16-15-21-22(18-10-4-3-9-17(16)18)19-11-5-6-12-20(19)23(21)13-7-2-8-14-23/h3-6,9-12,15H,2,7-8,13-14H2,1H3. The van der Waals surface area contributed by atoms with Gasteiger partial charge in [-0.05, 0) is 58.4 Å². The first-order valence-corrected chi connectivity index (χ1v) is 8.94. The summed E-state index contributed by atoms with van der Waals surface area (Å²) in [5.41, 5.74) is 7.90. The van der Waals surface area contributed by atoms with Crippen molar-refractivity contribution < 1.29 is 0 Å². The third-order valence-electron chi connectivity index (χ3n) is 6.19.